The first-order valence-corrected chi connectivity index (χ1v) is 8.13. The summed E-state index contributed by atoms with van der Waals surface area (Å²) < 4.78 is 0. The molecule has 0 bridgehead atoms. The first kappa shape index (κ1) is 14.0. The van der Waals surface area contributed by atoms with Crippen molar-refractivity contribution in [2.75, 3.05) is 18.0 Å². The zero-order valence-electron chi connectivity index (χ0n) is 13.0. The molecule has 4 heteroatoms. The highest BCUT2D eigenvalue weighted by atomic mass is 16.1. The van der Waals surface area contributed by atoms with Crippen molar-refractivity contribution >= 4 is 23.0 Å². The van der Waals surface area contributed by atoms with Crippen molar-refractivity contribution in [1.29, 1.82) is 0 Å². The summed E-state index contributed by atoms with van der Waals surface area (Å²) in [5, 5.41) is 1.05. The largest absolute Gasteiger partial charge is 0.357 e. The van der Waals surface area contributed by atoms with Crippen LogP contribution in [-0.2, 0) is 0 Å². The molecule has 1 aromatic carbocycles. The number of carbonyl (C=O) groups is 1. The summed E-state index contributed by atoms with van der Waals surface area (Å²) in [4.78, 5) is 21.0. The molecule has 0 unspecified atom stereocenters. The topological polar surface area (TPSA) is 49.0 Å². The molecule has 4 rings (SSSR count). The lowest BCUT2D eigenvalue weighted by molar-refractivity contribution is 0.112. The number of aromatic amines is 1. The number of hydrogen-bond donors (Lipinski definition) is 1. The molecule has 0 amide bonds. The number of rotatable bonds is 3. The number of aromatic nitrogens is 2. The third-order valence-corrected chi connectivity index (χ3v) is 4.53. The maximum absolute atomic E-state index is 10.9. The number of carbonyl (C=O) groups excluding carboxylic acids is 1. The number of piperidine rings is 1. The Morgan fingerprint density at radius 2 is 1.83 bits per heavy atom. The lowest BCUT2D eigenvalue weighted by Crippen LogP contribution is -2.29. The molecule has 2 aromatic heterocycles. The predicted molar refractivity (Wildman–Crippen MR) is 93.0 cm³/mol. The third-order valence-electron chi connectivity index (χ3n) is 4.53. The molecular formula is C19H19N3O. The van der Waals surface area contributed by atoms with Crippen LogP contribution in [0.15, 0.2) is 42.6 Å². The van der Waals surface area contributed by atoms with Crippen LogP contribution in [0.4, 0.5) is 5.82 Å². The summed E-state index contributed by atoms with van der Waals surface area (Å²) in [5.41, 5.74) is 3.78. The van der Waals surface area contributed by atoms with Crippen molar-refractivity contribution in [1.82, 2.24) is 9.97 Å². The first-order valence-electron chi connectivity index (χ1n) is 8.13. The Morgan fingerprint density at radius 1 is 1.00 bits per heavy atom. The highest BCUT2D eigenvalue weighted by Gasteiger charge is 2.12. The van der Waals surface area contributed by atoms with E-state index in [1.807, 2.05) is 18.3 Å². The van der Waals surface area contributed by atoms with Crippen molar-refractivity contribution in [3.05, 3.63) is 48.3 Å². The van der Waals surface area contributed by atoms with Crippen molar-refractivity contribution in [2.24, 2.45) is 0 Å². The normalized spacial score (nSPS) is 15.0. The van der Waals surface area contributed by atoms with Crippen LogP contribution >= 0.6 is 0 Å². The SMILES string of the molecule is O=Cc1cc2ccc(-c3ccc(N4CCCCC4)nc3)cc2[nH]1. The van der Waals surface area contributed by atoms with Gasteiger partial charge in [-0.3, -0.25) is 4.79 Å². The summed E-state index contributed by atoms with van der Waals surface area (Å²) >= 11 is 0. The quantitative estimate of drug-likeness (QED) is 0.743. The van der Waals surface area contributed by atoms with Crippen molar-refractivity contribution in [3.63, 3.8) is 0 Å². The van der Waals surface area contributed by atoms with E-state index in [1.54, 1.807) is 0 Å². The minimum absolute atomic E-state index is 0.607. The highest BCUT2D eigenvalue weighted by molar-refractivity contribution is 5.90. The summed E-state index contributed by atoms with van der Waals surface area (Å²) in [6.45, 7) is 2.21. The zero-order chi connectivity index (χ0) is 15.6. The molecule has 0 saturated carbocycles. The Hall–Kier alpha value is -2.62. The van der Waals surface area contributed by atoms with E-state index < -0.39 is 0 Å². The molecule has 0 atom stereocenters. The fourth-order valence-electron chi connectivity index (χ4n) is 3.26. The maximum atomic E-state index is 10.9. The molecule has 0 radical (unpaired) electrons. The Labute approximate surface area is 135 Å². The molecule has 116 valence electrons. The highest BCUT2D eigenvalue weighted by Crippen LogP contribution is 2.26. The van der Waals surface area contributed by atoms with Gasteiger partial charge in [0.2, 0.25) is 0 Å². The molecule has 3 heterocycles. The van der Waals surface area contributed by atoms with E-state index in [9.17, 15) is 4.79 Å². The van der Waals surface area contributed by atoms with Gasteiger partial charge in [0.25, 0.3) is 0 Å². The van der Waals surface area contributed by atoms with Crippen LogP contribution in [0.5, 0.6) is 0 Å². The molecule has 4 nitrogen and oxygen atoms in total. The van der Waals surface area contributed by atoms with Gasteiger partial charge in [-0.2, -0.15) is 0 Å². The van der Waals surface area contributed by atoms with Gasteiger partial charge in [0, 0.05) is 35.8 Å². The van der Waals surface area contributed by atoms with Crippen molar-refractivity contribution < 1.29 is 4.79 Å². The molecule has 3 aromatic rings. The van der Waals surface area contributed by atoms with E-state index in [2.05, 4.69) is 39.1 Å². The standard InChI is InChI=1S/C19H19N3O/c23-13-17-10-15-5-4-14(11-18(15)21-17)16-6-7-19(20-12-16)22-8-2-1-3-9-22/h4-7,10-13,21H,1-3,8-9H2. The van der Waals surface area contributed by atoms with Gasteiger partial charge in [-0.05, 0) is 49.1 Å². The lowest BCUT2D eigenvalue weighted by atomic mass is 10.1. The monoisotopic (exact) mass is 305 g/mol. The van der Waals surface area contributed by atoms with Crippen LogP contribution in [0.25, 0.3) is 22.0 Å². The zero-order valence-corrected chi connectivity index (χ0v) is 13.0. The Kier molecular flexibility index (Phi) is 3.58. The second-order valence-electron chi connectivity index (χ2n) is 6.10. The summed E-state index contributed by atoms with van der Waals surface area (Å²) in [6.07, 6.45) is 6.62. The van der Waals surface area contributed by atoms with E-state index in [0.717, 1.165) is 47.2 Å². The second kappa shape index (κ2) is 5.88. The summed E-state index contributed by atoms with van der Waals surface area (Å²) in [7, 11) is 0. The minimum atomic E-state index is 0.607. The van der Waals surface area contributed by atoms with Gasteiger partial charge >= 0.3 is 0 Å². The molecular weight excluding hydrogens is 286 g/mol. The molecule has 1 N–H and O–H groups in total. The van der Waals surface area contributed by atoms with Gasteiger partial charge in [-0.25, -0.2) is 4.98 Å². The van der Waals surface area contributed by atoms with Crippen LogP contribution < -0.4 is 4.90 Å². The number of H-pyrrole nitrogens is 1. The van der Waals surface area contributed by atoms with Crippen LogP contribution in [0.1, 0.15) is 29.8 Å². The average Bonchev–Trinajstić information content (AvgIpc) is 3.05. The van der Waals surface area contributed by atoms with E-state index in [1.165, 1.54) is 19.3 Å². The second-order valence-corrected chi connectivity index (χ2v) is 6.10. The van der Waals surface area contributed by atoms with Crippen LogP contribution in [0.2, 0.25) is 0 Å². The number of anilines is 1. The Bertz CT molecular complexity index is 829. The van der Waals surface area contributed by atoms with Gasteiger partial charge in [-0.1, -0.05) is 12.1 Å². The molecule has 1 fully saturated rings. The van der Waals surface area contributed by atoms with Crippen molar-refractivity contribution in [2.45, 2.75) is 19.3 Å². The van der Waals surface area contributed by atoms with Gasteiger partial charge in [0.15, 0.2) is 6.29 Å². The molecule has 1 saturated heterocycles. The summed E-state index contributed by atoms with van der Waals surface area (Å²) in [6, 6.07) is 12.3. The molecule has 1 aliphatic rings. The van der Waals surface area contributed by atoms with Gasteiger partial charge in [0.05, 0.1) is 5.69 Å². The van der Waals surface area contributed by atoms with Gasteiger partial charge in [-0.15, -0.1) is 0 Å². The van der Waals surface area contributed by atoms with Crippen LogP contribution in [-0.4, -0.2) is 29.3 Å². The maximum Gasteiger partial charge on any atom is 0.166 e. The number of nitrogens with one attached hydrogen (secondary N) is 1. The average molecular weight is 305 g/mol. The Morgan fingerprint density at radius 3 is 2.57 bits per heavy atom. The first-order chi connectivity index (χ1) is 11.3. The lowest BCUT2D eigenvalue weighted by Gasteiger charge is -2.27. The minimum Gasteiger partial charge on any atom is -0.357 e. The number of nitrogens with zero attached hydrogens (tertiary/aromatic N) is 2. The third kappa shape index (κ3) is 2.72. The van der Waals surface area contributed by atoms with Crippen LogP contribution in [0.3, 0.4) is 0 Å². The predicted octanol–water partition coefficient (Wildman–Crippen LogP) is 4.03. The van der Waals surface area contributed by atoms with E-state index in [4.69, 9.17) is 0 Å². The smallest absolute Gasteiger partial charge is 0.166 e. The van der Waals surface area contributed by atoms with Crippen LogP contribution in [0, 0.1) is 0 Å². The van der Waals surface area contributed by atoms with E-state index in [-0.39, 0.29) is 0 Å². The summed E-state index contributed by atoms with van der Waals surface area (Å²) in [5.74, 6) is 1.07. The molecule has 0 spiro atoms. The Balaban J connectivity index is 1.63. The number of aldehydes is 1. The van der Waals surface area contributed by atoms with E-state index in [0.29, 0.717) is 5.69 Å². The van der Waals surface area contributed by atoms with Crippen molar-refractivity contribution in [3.8, 4) is 11.1 Å². The number of benzene rings is 1. The fraction of sp³-hybridized carbons (Fsp3) is 0.263. The number of hydrogen-bond acceptors (Lipinski definition) is 3. The van der Waals surface area contributed by atoms with Gasteiger partial charge < -0.3 is 9.88 Å². The number of pyridine rings is 1. The molecule has 0 aliphatic carbocycles. The number of fused-ring (bicyclic) bond motifs is 1. The van der Waals surface area contributed by atoms with E-state index >= 15 is 0 Å². The molecule has 1 aliphatic heterocycles. The molecule has 23 heavy (non-hydrogen) atoms. The fourth-order valence-corrected chi connectivity index (χ4v) is 3.26. The van der Waals surface area contributed by atoms with Gasteiger partial charge in [0.1, 0.15) is 5.82 Å².